The number of fused-ring (bicyclic) bond motifs is 1. The van der Waals surface area contributed by atoms with Gasteiger partial charge in [0.2, 0.25) is 11.8 Å². The molecule has 2 saturated heterocycles. The lowest BCUT2D eigenvalue weighted by molar-refractivity contribution is -0.135. The van der Waals surface area contributed by atoms with Gasteiger partial charge in [0.1, 0.15) is 6.04 Å². The van der Waals surface area contributed by atoms with Crippen molar-refractivity contribution >= 4 is 28.5 Å². The molecule has 2 aliphatic rings. The predicted octanol–water partition coefficient (Wildman–Crippen LogP) is 1.24. The van der Waals surface area contributed by atoms with Gasteiger partial charge in [-0.15, -0.1) is 0 Å². The number of hydrogen-bond donors (Lipinski definition) is 1. The Morgan fingerprint density at radius 3 is 2.31 bits per heavy atom. The number of hydrogen-bond acceptors (Lipinski definition) is 5. The highest BCUT2D eigenvalue weighted by atomic mass is 16.2. The van der Waals surface area contributed by atoms with Crippen LogP contribution in [0.3, 0.4) is 0 Å². The molecule has 156 valence electrons. The van der Waals surface area contributed by atoms with E-state index in [4.69, 9.17) is 0 Å². The van der Waals surface area contributed by atoms with E-state index in [0.717, 1.165) is 42.9 Å². The first-order chi connectivity index (χ1) is 13.7. The van der Waals surface area contributed by atoms with Crippen molar-refractivity contribution in [3.8, 4) is 0 Å². The largest absolute Gasteiger partial charge is 0.369 e. The Morgan fingerprint density at radius 1 is 1.00 bits per heavy atom. The standard InChI is InChI=1S/C21H29N5O3/c1-21(2,3)25-11-9-24(10-12-25)14-5-6-15-17(13-14)23(4)20(29)26(15)16-7-8-18(27)22-19(16)28/h5-6,13,16H,7-12H2,1-4H3,(H,22,27,28). The van der Waals surface area contributed by atoms with Gasteiger partial charge in [0.15, 0.2) is 0 Å². The van der Waals surface area contributed by atoms with E-state index in [2.05, 4.69) is 35.9 Å². The van der Waals surface area contributed by atoms with Gasteiger partial charge in [0.25, 0.3) is 0 Å². The van der Waals surface area contributed by atoms with Crippen LogP contribution < -0.4 is 15.9 Å². The van der Waals surface area contributed by atoms with Gasteiger partial charge in [-0.2, -0.15) is 0 Å². The first-order valence-electron chi connectivity index (χ1n) is 10.2. The Hall–Kier alpha value is -2.61. The summed E-state index contributed by atoms with van der Waals surface area (Å²) in [6, 6.07) is 5.33. The fourth-order valence-corrected chi connectivity index (χ4v) is 4.41. The van der Waals surface area contributed by atoms with Gasteiger partial charge in [-0.05, 0) is 45.4 Å². The summed E-state index contributed by atoms with van der Waals surface area (Å²) in [4.78, 5) is 41.5. The number of nitrogens with one attached hydrogen (secondary N) is 1. The summed E-state index contributed by atoms with van der Waals surface area (Å²) in [6.45, 7) is 10.6. The maximum atomic E-state index is 12.9. The first kappa shape index (κ1) is 19.7. The van der Waals surface area contributed by atoms with Crippen molar-refractivity contribution in [2.75, 3.05) is 31.1 Å². The molecule has 8 heteroatoms. The number of nitrogens with zero attached hydrogens (tertiary/aromatic N) is 4. The maximum absolute atomic E-state index is 12.9. The highest BCUT2D eigenvalue weighted by Gasteiger charge is 2.31. The number of imidazole rings is 1. The lowest BCUT2D eigenvalue weighted by Gasteiger charge is -2.43. The number of piperazine rings is 1. The normalized spacial score (nSPS) is 21.7. The van der Waals surface area contributed by atoms with E-state index < -0.39 is 11.9 Å². The molecule has 3 heterocycles. The van der Waals surface area contributed by atoms with Crippen LogP contribution in [-0.2, 0) is 16.6 Å². The molecule has 1 aromatic carbocycles. The third-order valence-electron chi connectivity index (χ3n) is 6.19. The van der Waals surface area contributed by atoms with Crippen LogP contribution in [-0.4, -0.2) is 57.6 Å². The lowest BCUT2D eigenvalue weighted by Crippen LogP contribution is -2.53. The molecule has 0 bridgehead atoms. The summed E-state index contributed by atoms with van der Waals surface area (Å²) < 4.78 is 3.12. The minimum Gasteiger partial charge on any atom is -0.369 e. The SMILES string of the molecule is Cn1c(=O)n(C2CCC(=O)NC2=O)c2ccc(N3CCN(C(C)(C)C)CC3)cc21. The molecular formula is C21H29N5O3. The van der Waals surface area contributed by atoms with E-state index in [9.17, 15) is 14.4 Å². The fourth-order valence-electron chi connectivity index (χ4n) is 4.41. The van der Waals surface area contributed by atoms with Crippen molar-refractivity contribution < 1.29 is 9.59 Å². The summed E-state index contributed by atoms with van der Waals surface area (Å²) in [5.74, 6) is -0.686. The highest BCUT2D eigenvalue weighted by Crippen LogP contribution is 2.27. The molecule has 2 aliphatic heterocycles. The van der Waals surface area contributed by atoms with E-state index >= 15 is 0 Å². The van der Waals surface area contributed by atoms with Gasteiger partial charge >= 0.3 is 5.69 Å². The topological polar surface area (TPSA) is 79.6 Å². The number of anilines is 1. The molecule has 1 N–H and O–H groups in total. The molecule has 2 aromatic rings. The van der Waals surface area contributed by atoms with Gasteiger partial charge in [0, 0.05) is 50.9 Å². The van der Waals surface area contributed by atoms with Crippen molar-refractivity contribution in [1.29, 1.82) is 0 Å². The van der Waals surface area contributed by atoms with Crippen molar-refractivity contribution in [1.82, 2.24) is 19.4 Å². The van der Waals surface area contributed by atoms with Crippen LogP contribution >= 0.6 is 0 Å². The maximum Gasteiger partial charge on any atom is 0.329 e. The lowest BCUT2D eigenvalue weighted by atomic mass is 10.0. The summed E-state index contributed by atoms with van der Waals surface area (Å²) in [5.41, 5.74) is 2.55. The van der Waals surface area contributed by atoms with Crippen LogP contribution in [0.1, 0.15) is 39.7 Å². The van der Waals surface area contributed by atoms with Gasteiger partial charge in [-0.1, -0.05) is 0 Å². The molecule has 2 amide bonds. The molecule has 1 aromatic heterocycles. The average Bonchev–Trinajstić information content (AvgIpc) is 2.92. The van der Waals surface area contributed by atoms with Crippen LogP contribution in [0.25, 0.3) is 11.0 Å². The second kappa shape index (κ2) is 7.02. The molecule has 1 unspecified atom stereocenters. The highest BCUT2D eigenvalue weighted by molar-refractivity contribution is 6.00. The van der Waals surface area contributed by atoms with Crippen molar-refractivity contribution in [3.05, 3.63) is 28.7 Å². The molecule has 29 heavy (non-hydrogen) atoms. The summed E-state index contributed by atoms with van der Waals surface area (Å²) >= 11 is 0. The number of benzene rings is 1. The van der Waals surface area contributed by atoms with E-state index in [-0.39, 0.29) is 23.6 Å². The fraction of sp³-hybridized carbons (Fsp3) is 0.571. The molecule has 4 rings (SSSR count). The van der Waals surface area contributed by atoms with E-state index in [1.807, 2.05) is 18.2 Å². The first-order valence-corrected chi connectivity index (χ1v) is 10.2. The van der Waals surface area contributed by atoms with Crippen molar-refractivity contribution in [2.45, 2.75) is 45.2 Å². The number of piperidine rings is 1. The predicted molar refractivity (Wildman–Crippen MR) is 112 cm³/mol. The Morgan fingerprint density at radius 2 is 1.69 bits per heavy atom. The molecule has 2 fully saturated rings. The zero-order valence-corrected chi connectivity index (χ0v) is 17.6. The van der Waals surface area contributed by atoms with Crippen LogP contribution in [0, 0.1) is 0 Å². The van der Waals surface area contributed by atoms with Crippen molar-refractivity contribution in [2.24, 2.45) is 7.05 Å². The molecule has 0 spiro atoms. The smallest absolute Gasteiger partial charge is 0.329 e. The Balaban J connectivity index is 1.65. The number of aromatic nitrogens is 2. The van der Waals surface area contributed by atoms with Crippen LogP contribution in [0.2, 0.25) is 0 Å². The Bertz CT molecular complexity index is 1020. The number of carbonyl (C=O) groups excluding carboxylic acids is 2. The number of amides is 2. The van der Waals surface area contributed by atoms with Crippen LogP contribution in [0.15, 0.2) is 23.0 Å². The quantitative estimate of drug-likeness (QED) is 0.769. The van der Waals surface area contributed by atoms with Gasteiger partial charge < -0.3 is 4.90 Å². The minimum absolute atomic E-state index is 0.166. The second-order valence-electron chi connectivity index (χ2n) is 9.00. The second-order valence-corrected chi connectivity index (χ2v) is 9.00. The van der Waals surface area contributed by atoms with E-state index in [1.165, 1.54) is 4.57 Å². The van der Waals surface area contributed by atoms with Gasteiger partial charge in [-0.25, -0.2) is 4.79 Å². The number of aryl methyl sites for hydroxylation is 1. The van der Waals surface area contributed by atoms with Gasteiger partial charge in [0.05, 0.1) is 11.0 Å². The number of carbonyl (C=O) groups is 2. The zero-order chi connectivity index (χ0) is 20.9. The third-order valence-corrected chi connectivity index (χ3v) is 6.19. The zero-order valence-electron chi connectivity index (χ0n) is 17.6. The molecular weight excluding hydrogens is 370 g/mol. The Kier molecular flexibility index (Phi) is 4.77. The van der Waals surface area contributed by atoms with Crippen molar-refractivity contribution in [3.63, 3.8) is 0 Å². The summed E-state index contributed by atoms with van der Waals surface area (Å²) in [6.07, 6.45) is 0.593. The van der Waals surface area contributed by atoms with Crippen LogP contribution in [0.4, 0.5) is 5.69 Å². The van der Waals surface area contributed by atoms with E-state index in [0.29, 0.717) is 6.42 Å². The molecule has 1 atom stereocenters. The Labute approximate surface area is 170 Å². The van der Waals surface area contributed by atoms with Gasteiger partial charge in [-0.3, -0.25) is 28.9 Å². The van der Waals surface area contributed by atoms with Crippen LogP contribution in [0.5, 0.6) is 0 Å². The number of rotatable bonds is 2. The molecule has 8 nitrogen and oxygen atoms in total. The molecule has 0 aliphatic carbocycles. The van der Waals surface area contributed by atoms with E-state index in [1.54, 1.807) is 11.6 Å². The summed E-state index contributed by atoms with van der Waals surface area (Å²) in [5, 5.41) is 2.35. The minimum atomic E-state index is -0.648. The average molecular weight is 399 g/mol. The monoisotopic (exact) mass is 399 g/mol. The summed E-state index contributed by atoms with van der Waals surface area (Å²) in [7, 11) is 1.73. The third kappa shape index (κ3) is 3.46. The molecule has 0 radical (unpaired) electrons. The molecule has 0 saturated carbocycles. The number of imide groups is 1.